The number of esters is 1. The highest BCUT2D eigenvalue weighted by Crippen LogP contribution is 2.22. The van der Waals surface area contributed by atoms with Gasteiger partial charge >= 0.3 is 5.97 Å². The smallest absolute Gasteiger partial charge is 0.324 e. The van der Waals surface area contributed by atoms with Gasteiger partial charge in [-0.1, -0.05) is 31.2 Å². The molecule has 0 fully saturated rings. The maximum atomic E-state index is 11.7. The Morgan fingerprint density at radius 2 is 2.00 bits per heavy atom. The van der Waals surface area contributed by atoms with E-state index in [1.54, 1.807) is 0 Å². The lowest BCUT2D eigenvalue weighted by atomic mass is 10.1. The van der Waals surface area contributed by atoms with Crippen LogP contribution in [0.15, 0.2) is 24.3 Å². The lowest BCUT2D eigenvalue weighted by Gasteiger charge is -2.22. The Hall–Kier alpha value is -1.39. The Morgan fingerprint density at radius 3 is 2.50 bits per heavy atom. The van der Waals surface area contributed by atoms with Gasteiger partial charge in [-0.2, -0.15) is 0 Å². The van der Waals surface area contributed by atoms with Gasteiger partial charge in [0.1, 0.15) is 6.04 Å². The van der Waals surface area contributed by atoms with Gasteiger partial charge in [0.2, 0.25) is 0 Å². The summed E-state index contributed by atoms with van der Waals surface area (Å²) >= 11 is 0. The van der Waals surface area contributed by atoms with Crippen LogP contribution in [-0.4, -0.2) is 37.1 Å². The summed E-state index contributed by atoms with van der Waals surface area (Å²) < 4.78 is 4.82. The average Bonchev–Trinajstić information content (AvgIpc) is 2.79. The summed E-state index contributed by atoms with van der Waals surface area (Å²) in [5.41, 5.74) is 2.72. The first kappa shape index (κ1) is 13.1. The number of carbonyl (C=O) groups excluding carboxylic acids is 1. The van der Waals surface area contributed by atoms with Gasteiger partial charge in [-0.3, -0.25) is 9.69 Å². The van der Waals surface area contributed by atoms with Crippen LogP contribution in [0.3, 0.4) is 0 Å². The molecule has 1 aliphatic heterocycles. The minimum atomic E-state index is -0.241. The Balaban J connectivity index is 1.96. The van der Waals surface area contributed by atoms with Gasteiger partial charge in [0.15, 0.2) is 0 Å². The summed E-state index contributed by atoms with van der Waals surface area (Å²) in [6.07, 6.45) is 0. The topological polar surface area (TPSA) is 41.6 Å². The van der Waals surface area contributed by atoms with Gasteiger partial charge in [0.05, 0.1) is 7.11 Å². The summed E-state index contributed by atoms with van der Waals surface area (Å²) in [6.45, 7) is 5.27. The molecule has 0 saturated carbocycles. The molecule has 0 aliphatic carbocycles. The second-order valence-electron chi connectivity index (χ2n) is 4.57. The number of carbonyl (C=O) groups is 1. The van der Waals surface area contributed by atoms with E-state index in [-0.39, 0.29) is 12.0 Å². The number of likely N-dealkylation sites (N-methyl/N-ethyl adjacent to an activating group) is 1. The Morgan fingerprint density at radius 1 is 1.39 bits per heavy atom. The molecule has 18 heavy (non-hydrogen) atoms. The van der Waals surface area contributed by atoms with Crippen LogP contribution < -0.4 is 5.32 Å². The Kier molecular flexibility index (Phi) is 4.33. The van der Waals surface area contributed by atoms with Gasteiger partial charge in [-0.05, 0) is 17.7 Å². The van der Waals surface area contributed by atoms with E-state index in [1.165, 1.54) is 18.2 Å². The number of nitrogens with zero attached hydrogens (tertiary/aromatic N) is 1. The molecule has 1 aliphatic rings. The first-order valence-electron chi connectivity index (χ1n) is 6.35. The van der Waals surface area contributed by atoms with Crippen molar-refractivity contribution < 1.29 is 9.53 Å². The zero-order valence-electron chi connectivity index (χ0n) is 11.0. The van der Waals surface area contributed by atoms with Gasteiger partial charge in [-0.15, -0.1) is 0 Å². The molecule has 1 atom stereocenters. The van der Waals surface area contributed by atoms with E-state index in [2.05, 4.69) is 34.5 Å². The van der Waals surface area contributed by atoms with Gasteiger partial charge in [-0.25, -0.2) is 0 Å². The first-order valence-corrected chi connectivity index (χ1v) is 6.35. The van der Waals surface area contributed by atoms with E-state index < -0.39 is 0 Å². The standard InChI is InChI=1S/C14H20N2O2/c1-3-15-13(14(17)18-2)10-16-8-11-6-4-5-7-12(11)9-16/h4-7,13,15H,3,8-10H2,1-2H3. The number of nitrogens with one attached hydrogen (secondary N) is 1. The maximum Gasteiger partial charge on any atom is 0.324 e. The Labute approximate surface area is 108 Å². The minimum absolute atomic E-state index is 0.187. The highest BCUT2D eigenvalue weighted by atomic mass is 16.5. The second kappa shape index (κ2) is 5.98. The van der Waals surface area contributed by atoms with Crippen molar-refractivity contribution in [2.75, 3.05) is 20.2 Å². The number of hydrogen-bond donors (Lipinski definition) is 1. The molecular formula is C14H20N2O2. The predicted molar refractivity (Wildman–Crippen MR) is 70.0 cm³/mol. The van der Waals surface area contributed by atoms with Crippen LogP contribution in [0.1, 0.15) is 18.1 Å². The average molecular weight is 248 g/mol. The molecule has 0 aromatic heterocycles. The second-order valence-corrected chi connectivity index (χ2v) is 4.57. The van der Waals surface area contributed by atoms with Crippen molar-refractivity contribution in [3.05, 3.63) is 35.4 Å². The van der Waals surface area contributed by atoms with E-state index in [0.29, 0.717) is 6.54 Å². The van der Waals surface area contributed by atoms with E-state index in [1.807, 2.05) is 6.92 Å². The zero-order chi connectivity index (χ0) is 13.0. The Bertz CT molecular complexity index is 395. The van der Waals surface area contributed by atoms with Crippen molar-refractivity contribution in [2.24, 2.45) is 0 Å². The first-order chi connectivity index (χ1) is 8.74. The monoisotopic (exact) mass is 248 g/mol. The molecule has 0 spiro atoms. The van der Waals surface area contributed by atoms with E-state index >= 15 is 0 Å². The summed E-state index contributed by atoms with van der Waals surface area (Å²) in [5.74, 6) is -0.187. The third kappa shape index (κ3) is 2.89. The van der Waals surface area contributed by atoms with Crippen LogP contribution in [0.4, 0.5) is 0 Å². The van der Waals surface area contributed by atoms with Crippen LogP contribution in [0, 0.1) is 0 Å². The minimum Gasteiger partial charge on any atom is -0.468 e. The number of hydrogen-bond acceptors (Lipinski definition) is 4. The fourth-order valence-electron chi connectivity index (χ4n) is 2.40. The highest BCUT2D eigenvalue weighted by molar-refractivity contribution is 5.75. The zero-order valence-corrected chi connectivity index (χ0v) is 11.0. The molecule has 0 amide bonds. The number of methoxy groups -OCH3 is 1. The molecule has 1 aromatic carbocycles. The number of fused-ring (bicyclic) bond motifs is 1. The normalized spacial score (nSPS) is 16.3. The molecule has 0 saturated heterocycles. The molecular weight excluding hydrogens is 228 g/mol. The fraction of sp³-hybridized carbons (Fsp3) is 0.500. The third-order valence-corrected chi connectivity index (χ3v) is 3.28. The summed E-state index contributed by atoms with van der Waals surface area (Å²) in [6, 6.07) is 8.18. The molecule has 1 N–H and O–H groups in total. The van der Waals surface area contributed by atoms with Crippen LogP contribution in [-0.2, 0) is 22.6 Å². The molecule has 1 heterocycles. The molecule has 0 radical (unpaired) electrons. The quantitative estimate of drug-likeness (QED) is 0.794. The number of rotatable bonds is 5. The predicted octanol–water partition coefficient (Wildman–Crippen LogP) is 1.15. The van der Waals surface area contributed by atoms with Crippen LogP contribution in [0.5, 0.6) is 0 Å². The lowest BCUT2D eigenvalue weighted by Crippen LogP contribution is -2.45. The third-order valence-electron chi connectivity index (χ3n) is 3.28. The summed E-state index contributed by atoms with van der Waals surface area (Å²) in [5, 5.41) is 3.17. The van der Waals surface area contributed by atoms with Crippen molar-refractivity contribution in [1.82, 2.24) is 10.2 Å². The molecule has 1 aromatic rings. The molecule has 98 valence electrons. The van der Waals surface area contributed by atoms with Gasteiger partial charge in [0, 0.05) is 19.6 Å². The fourth-order valence-corrected chi connectivity index (χ4v) is 2.40. The van der Waals surface area contributed by atoms with Crippen molar-refractivity contribution in [3.8, 4) is 0 Å². The van der Waals surface area contributed by atoms with Crippen LogP contribution in [0.25, 0.3) is 0 Å². The molecule has 1 unspecified atom stereocenters. The van der Waals surface area contributed by atoms with Gasteiger partial charge in [0.25, 0.3) is 0 Å². The van der Waals surface area contributed by atoms with Crippen molar-refractivity contribution in [1.29, 1.82) is 0 Å². The van der Waals surface area contributed by atoms with Crippen molar-refractivity contribution in [3.63, 3.8) is 0 Å². The maximum absolute atomic E-state index is 11.7. The molecule has 4 nitrogen and oxygen atoms in total. The number of ether oxygens (including phenoxy) is 1. The van der Waals surface area contributed by atoms with Gasteiger partial charge < -0.3 is 10.1 Å². The molecule has 4 heteroatoms. The summed E-state index contributed by atoms with van der Waals surface area (Å²) in [7, 11) is 1.44. The summed E-state index contributed by atoms with van der Waals surface area (Å²) in [4.78, 5) is 13.9. The highest BCUT2D eigenvalue weighted by Gasteiger charge is 2.25. The van der Waals surface area contributed by atoms with Crippen LogP contribution in [0.2, 0.25) is 0 Å². The van der Waals surface area contributed by atoms with Crippen LogP contribution >= 0.6 is 0 Å². The SMILES string of the molecule is CCNC(CN1Cc2ccccc2C1)C(=O)OC. The lowest BCUT2D eigenvalue weighted by molar-refractivity contribution is -0.143. The largest absolute Gasteiger partial charge is 0.468 e. The number of benzene rings is 1. The van der Waals surface area contributed by atoms with Crippen molar-refractivity contribution in [2.45, 2.75) is 26.1 Å². The molecule has 0 bridgehead atoms. The van der Waals surface area contributed by atoms with E-state index in [4.69, 9.17) is 4.74 Å². The van der Waals surface area contributed by atoms with Crippen molar-refractivity contribution >= 4 is 5.97 Å². The van der Waals surface area contributed by atoms with E-state index in [9.17, 15) is 4.79 Å². The molecule has 2 rings (SSSR count). The van der Waals surface area contributed by atoms with E-state index in [0.717, 1.165) is 19.6 Å².